The fourth-order valence-electron chi connectivity index (χ4n) is 1.21. The van der Waals surface area contributed by atoms with Crippen LogP contribution in [-0.4, -0.2) is 13.1 Å². The lowest BCUT2D eigenvalue weighted by atomic mass is 10.2. The highest BCUT2D eigenvalue weighted by Gasteiger charge is 1.93. The maximum Gasteiger partial charge on any atom is -0.00484 e. The normalized spacial score (nSPS) is 12.8. The van der Waals surface area contributed by atoms with Gasteiger partial charge in [0.05, 0.1) is 0 Å². The summed E-state index contributed by atoms with van der Waals surface area (Å²) in [5.41, 5.74) is 1.17. The molecule has 0 aliphatic carbocycles. The molecule has 0 saturated carbocycles. The summed E-state index contributed by atoms with van der Waals surface area (Å²) in [6.45, 7) is 12.1. The minimum atomic E-state index is 1.17. The summed E-state index contributed by atoms with van der Waals surface area (Å²) in [5, 5.41) is 3.22. The molecule has 0 bridgehead atoms. The highest BCUT2D eigenvalue weighted by molar-refractivity contribution is 5.45. The van der Waals surface area contributed by atoms with E-state index in [-0.39, 0.29) is 0 Å². The summed E-state index contributed by atoms with van der Waals surface area (Å²) in [5.74, 6) is 0. The van der Waals surface area contributed by atoms with Gasteiger partial charge in [-0.3, -0.25) is 0 Å². The van der Waals surface area contributed by atoms with Crippen LogP contribution in [0.4, 0.5) is 0 Å². The number of nitrogens with one attached hydrogen (secondary N) is 1. The summed E-state index contributed by atoms with van der Waals surface area (Å²) >= 11 is 0. The first-order valence-electron chi connectivity index (χ1n) is 5.31. The molecule has 0 radical (unpaired) electrons. The predicted octanol–water partition coefficient (Wildman–Crippen LogP) is 3.50. The third-order valence-corrected chi connectivity index (χ3v) is 1.99. The average molecular weight is 203 g/mol. The van der Waals surface area contributed by atoms with Gasteiger partial charge in [-0.15, -0.1) is 13.2 Å². The highest BCUT2D eigenvalue weighted by atomic mass is 14.9. The van der Waals surface area contributed by atoms with Crippen molar-refractivity contribution >= 4 is 6.08 Å². The van der Waals surface area contributed by atoms with Gasteiger partial charge in [0.1, 0.15) is 0 Å². The van der Waals surface area contributed by atoms with Crippen LogP contribution in [-0.2, 0) is 0 Å². The van der Waals surface area contributed by atoms with E-state index in [1.165, 1.54) is 31.5 Å². The van der Waals surface area contributed by atoms with E-state index in [0.717, 1.165) is 0 Å². The van der Waals surface area contributed by atoms with E-state index in [4.69, 9.17) is 0 Å². The van der Waals surface area contributed by atoms with E-state index in [2.05, 4.69) is 25.1 Å². The lowest BCUT2D eigenvalue weighted by Gasteiger charge is -1.85. The summed E-state index contributed by atoms with van der Waals surface area (Å²) in [6, 6.07) is 10.0. The zero-order chi connectivity index (χ0) is 11.4. The summed E-state index contributed by atoms with van der Waals surface area (Å²) in [7, 11) is 0. The van der Waals surface area contributed by atoms with Crippen LogP contribution < -0.4 is 5.32 Å². The number of hydrogen-bond donors (Lipinski definition) is 1. The van der Waals surface area contributed by atoms with E-state index in [0.29, 0.717) is 0 Å². The van der Waals surface area contributed by atoms with Crippen molar-refractivity contribution in [2.45, 2.75) is 12.8 Å². The van der Waals surface area contributed by atoms with Gasteiger partial charge in [-0.1, -0.05) is 43.0 Å². The van der Waals surface area contributed by atoms with Crippen LogP contribution in [0.5, 0.6) is 0 Å². The highest BCUT2D eigenvalue weighted by Crippen LogP contribution is 1.97. The average Bonchev–Trinajstić information content (AvgIpc) is 2.92. The first kappa shape index (κ1) is 13.7. The molecule has 1 heteroatoms. The SMILES string of the molecule is C1CCNC1.C=C.C=Cc1ccccc1. The second-order valence-corrected chi connectivity index (χ2v) is 3.07. The van der Waals surface area contributed by atoms with E-state index in [1.54, 1.807) is 0 Å². The summed E-state index contributed by atoms with van der Waals surface area (Å²) in [4.78, 5) is 0. The molecule has 1 nitrogen and oxygen atoms in total. The van der Waals surface area contributed by atoms with Gasteiger partial charge in [-0.2, -0.15) is 0 Å². The molecule has 1 aromatic carbocycles. The van der Waals surface area contributed by atoms with Gasteiger partial charge in [0.2, 0.25) is 0 Å². The van der Waals surface area contributed by atoms with Gasteiger partial charge in [0, 0.05) is 0 Å². The second kappa shape index (κ2) is 10.7. The largest absolute Gasteiger partial charge is 0.317 e. The van der Waals surface area contributed by atoms with Gasteiger partial charge in [0.25, 0.3) is 0 Å². The summed E-state index contributed by atoms with van der Waals surface area (Å²) in [6.07, 6.45) is 4.61. The molecule has 1 heterocycles. The smallest absolute Gasteiger partial charge is 0.00484 e. The van der Waals surface area contributed by atoms with Crippen LogP contribution >= 0.6 is 0 Å². The van der Waals surface area contributed by atoms with Crippen molar-refractivity contribution in [1.29, 1.82) is 0 Å². The van der Waals surface area contributed by atoms with Crippen molar-refractivity contribution in [3.8, 4) is 0 Å². The molecule has 82 valence electrons. The fourth-order valence-corrected chi connectivity index (χ4v) is 1.21. The Hall–Kier alpha value is -1.34. The van der Waals surface area contributed by atoms with Crippen molar-refractivity contribution in [2.24, 2.45) is 0 Å². The molecule has 0 amide bonds. The molecule has 0 unspecified atom stereocenters. The Morgan fingerprint density at radius 3 is 1.80 bits per heavy atom. The molecule has 2 rings (SSSR count). The van der Waals surface area contributed by atoms with Crippen molar-refractivity contribution in [3.05, 3.63) is 55.6 Å². The monoisotopic (exact) mass is 203 g/mol. The zero-order valence-corrected chi connectivity index (χ0v) is 9.41. The van der Waals surface area contributed by atoms with E-state index in [9.17, 15) is 0 Å². The zero-order valence-electron chi connectivity index (χ0n) is 9.41. The molecule has 0 aromatic heterocycles. The Morgan fingerprint density at radius 1 is 1.00 bits per heavy atom. The minimum Gasteiger partial charge on any atom is -0.317 e. The first-order chi connectivity index (χ1) is 7.43. The standard InChI is InChI=1S/C8H8.C4H9N.C2H4/c1-2-8-6-4-3-5-7-8;1-2-4-5-3-1;1-2/h2-7H,1H2;5H,1-4H2;1-2H2. The molecule has 0 atom stereocenters. The fraction of sp³-hybridized carbons (Fsp3) is 0.286. The Kier molecular flexibility index (Phi) is 9.78. The van der Waals surface area contributed by atoms with E-state index in [1.807, 2.05) is 36.4 Å². The van der Waals surface area contributed by atoms with Crippen molar-refractivity contribution in [3.63, 3.8) is 0 Å². The van der Waals surface area contributed by atoms with Crippen LogP contribution in [0.3, 0.4) is 0 Å². The maximum atomic E-state index is 3.63. The molecule has 1 aliphatic rings. The molecule has 1 fully saturated rings. The first-order valence-corrected chi connectivity index (χ1v) is 5.31. The quantitative estimate of drug-likeness (QED) is 0.689. The van der Waals surface area contributed by atoms with Gasteiger partial charge in [-0.25, -0.2) is 0 Å². The third kappa shape index (κ3) is 7.71. The van der Waals surface area contributed by atoms with Crippen molar-refractivity contribution in [1.82, 2.24) is 5.32 Å². The predicted molar refractivity (Wildman–Crippen MR) is 69.9 cm³/mol. The van der Waals surface area contributed by atoms with Gasteiger partial charge in [0.15, 0.2) is 0 Å². The molecule has 1 aromatic rings. The van der Waals surface area contributed by atoms with E-state index < -0.39 is 0 Å². The second-order valence-electron chi connectivity index (χ2n) is 3.07. The lowest BCUT2D eigenvalue weighted by Crippen LogP contribution is -2.03. The molecular formula is C14H21N. The Morgan fingerprint density at radius 2 is 1.53 bits per heavy atom. The van der Waals surface area contributed by atoms with Gasteiger partial charge in [-0.05, 0) is 31.5 Å². The maximum absolute atomic E-state index is 3.63. The van der Waals surface area contributed by atoms with Crippen LogP contribution in [0.2, 0.25) is 0 Å². The van der Waals surface area contributed by atoms with Crippen LogP contribution in [0.1, 0.15) is 18.4 Å². The Bertz CT molecular complexity index is 229. The molecule has 1 N–H and O–H groups in total. The molecule has 1 saturated heterocycles. The van der Waals surface area contributed by atoms with Gasteiger partial charge < -0.3 is 5.32 Å². The van der Waals surface area contributed by atoms with Crippen LogP contribution in [0, 0.1) is 0 Å². The van der Waals surface area contributed by atoms with Crippen molar-refractivity contribution in [2.75, 3.05) is 13.1 Å². The van der Waals surface area contributed by atoms with E-state index >= 15 is 0 Å². The molecule has 15 heavy (non-hydrogen) atoms. The molecule has 0 spiro atoms. The minimum absolute atomic E-state index is 1.17. The Balaban J connectivity index is 0.000000241. The van der Waals surface area contributed by atoms with Gasteiger partial charge >= 0.3 is 0 Å². The van der Waals surface area contributed by atoms with Crippen LogP contribution in [0.15, 0.2) is 50.1 Å². The number of hydrogen-bond acceptors (Lipinski definition) is 1. The van der Waals surface area contributed by atoms with Crippen LogP contribution in [0.25, 0.3) is 6.08 Å². The number of benzene rings is 1. The molecular weight excluding hydrogens is 182 g/mol. The summed E-state index contributed by atoms with van der Waals surface area (Å²) < 4.78 is 0. The van der Waals surface area contributed by atoms with Crippen molar-refractivity contribution < 1.29 is 0 Å². The Labute approximate surface area is 93.5 Å². The topological polar surface area (TPSA) is 12.0 Å². The molecule has 1 aliphatic heterocycles. The number of rotatable bonds is 1. The third-order valence-electron chi connectivity index (χ3n) is 1.99. The lowest BCUT2D eigenvalue weighted by molar-refractivity contribution is 0.857.